The van der Waals surface area contributed by atoms with Crippen LogP contribution in [0, 0.1) is 6.92 Å². The van der Waals surface area contributed by atoms with Crippen molar-refractivity contribution in [2.75, 3.05) is 31.6 Å². The van der Waals surface area contributed by atoms with Crippen LogP contribution in [-0.2, 0) is 6.54 Å². The lowest BCUT2D eigenvalue weighted by Gasteiger charge is -2.32. The maximum atomic E-state index is 5.68. The topological polar surface area (TPSA) is 45.4 Å². The van der Waals surface area contributed by atoms with E-state index in [0.29, 0.717) is 12.6 Å². The van der Waals surface area contributed by atoms with Gasteiger partial charge in [0, 0.05) is 31.9 Å². The summed E-state index contributed by atoms with van der Waals surface area (Å²) in [6, 6.07) is 2.73. The molecule has 1 atom stereocenters. The zero-order valence-corrected chi connectivity index (χ0v) is 12.4. The number of likely N-dealkylation sites (N-methyl/N-ethyl adjacent to an activating group) is 1. The summed E-state index contributed by atoms with van der Waals surface area (Å²) in [6.07, 6.45) is 4.28. The molecule has 1 unspecified atom stereocenters. The zero-order chi connectivity index (χ0) is 13.8. The van der Waals surface area contributed by atoms with Crippen molar-refractivity contribution < 1.29 is 0 Å². The second-order valence-corrected chi connectivity index (χ2v) is 5.56. The van der Waals surface area contributed by atoms with E-state index in [4.69, 9.17) is 5.73 Å². The van der Waals surface area contributed by atoms with Crippen LogP contribution in [-0.4, -0.2) is 42.6 Å². The van der Waals surface area contributed by atoms with E-state index in [-0.39, 0.29) is 0 Å². The van der Waals surface area contributed by atoms with Gasteiger partial charge in [-0.2, -0.15) is 0 Å². The van der Waals surface area contributed by atoms with Gasteiger partial charge in [-0.3, -0.25) is 0 Å². The van der Waals surface area contributed by atoms with E-state index in [9.17, 15) is 0 Å². The Kier molecular flexibility index (Phi) is 4.77. The second kappa shape index (κ2) is 6.35. The van der Waals surface area contributed by atoms with Crippen LogP contribution in [0.4, 0.5) is 5.82 Å². The van der Waals surface area contributed by atoms with Crippen LogP contribution >= 0.6 is 0 Å². The van der Waals surface area contributed by atoms with E-state index < -0.39 is 0 Å². The maximum Gasteiger partial charge on any atom is 0.131 e. The number of aryl methyl sites for hydroxylation is 1. The van der Waals surface area contributed by atoms with Crippen LogP contribution < -0.4 is 10.6 Å². The molecule has 19 heavy (non-hydrogen) atoms. The number of aromatic nitrogens is 1. The fourth-order valence-electron chi connectivity index (χ4n) is 2.91. The predicted molar refractivity (Wildman–Crippen MR) is 80.4 cm³/mol. The summed E-state index contributed by atoms with van der Waals surface area (Å²) in [7, 11) is 2.21. The molecule has 1 aromatic heterocycles. The fourth-order valence-corrected chi connectivity index (χ4v) is 2.91. The Hall–Kier alpha value is -1.13. The van der Waals surface area contributed by atoms with Gasteiger partial charge in [-0.25, -0.2) is 4.98 Å². The Morgan fingerprint density at radius 3 is 2.84 bits per heavy atom. The highest BCUT2D eigenvalue weighted by Gasteiger charge is 2.24. The Bertz CT molecular complexity index is 419. The first kappa shape index (κ1) is 14.3. The Balaban J connectivity index is 2.27. The van der Waals surface area contributed by atoms with Crippen molar-refractivity contribution in [3.63, 3.8) is 0 Å². The van der Waals surface area contributed by atoms with E-state index in [1.165, 1.54) is 18.5 Å². The minimum absolute atomic E-state index is 0.558. The van der Waals surface area contributed by atoms with Crippen molar-refractivity contribution in [1.29, 1.82) is 0 Å². The highest BCUT2D eigenvalue weighted by atomic mass is 15.3. The predicted octanol–water partition coefficient (Wildman–Crippen LogP) is 1.77. The summed E-state index contributed by atoms with van der Waals surface area (Å²) in [5.41, 5.74) is 8.04. The number of hydrogen-bond donors (Lipinski definition) is 1. The summed E-state index contributed by atoms with van der Waals surface area (Å²) >= 11 is 0. The van der Waals surface area contributed by atoms with Gasteiger partial charge in [-0.1, -0.05) is 6.92 Å². The van der Waals surface area contributed by atoms with Crippen molar-refractivity contribution in [2.24, 2.45) is 5.73 Å². The van der Waals surface area contributed by atoms with Gasteiger partial charge in [0.25, 0.3) is 0 Å². The maximum absolute atomic E-state index is 5.68. The largest absolute Gasteiger partial charge is 0.352 e. The summed E-state index contributed by atoms with van der Waals surface area (Å²) in [5.74, 6) is 1.14. The quantitative estimate of drug-likeness (QED) is 0.902. The molecule has 106 valence electrons. The van der Waals surface area contributed by atoms with Gasteiger partial charge in [0.1, 0.15) is 5.82 Å². The Morgan fingerprint density at radius 2 is 2.21 bits per heavy atom. The Labute approximate surface area is 116 Å². The van der Waals surface area contributed by atoms with E-state index in [1.807, 2.05) is 6.20 Å². The molecule has 0 aromatic carbocycles. The third kappa shape index (κ3) is 3.25. The van der Waals surface area contributed by atoms with Gasteiger partial charge < -0.3 is 15.5 Å². The van der Waals surface area contributed by atoms with Crippen LogP contribution in [0.5, 0.6) is 0 Å². The lowest BCUT2D eigenvalue weighted by atomic mass is 10.1. The molecule has 1 saturated heterocycles. The van der Waals surface area contributed by atoms with E-state index in [1.54, 1.807) is 0 Å². The van der Waals surface area contributed by atoms with Crippen molar-refractivity contribution in [3.8, 4) is 0 Å². The molecular weight excluding hydrogens is 236 g/mol. The highest BCUT2D eigenvalue weighted by molar-refractivity contribution is 5.48. The molecule has 1 aromatic rings. The van der Waals surface area contributed by atoms with Gasteiger partial charge >= 0.3 is 0 Å². The van der Waals surface area contributed by atoms with Crippen LogP contribution in [0.15, 0.2) is 12.3 Å². The number of hydrogen-bond acceptors (Lipinski definition) is 4. The summed E-state index contributed by atoms with van der Waals surface area (Å²) < 4.78 is 0. The number of nitrogens with zero attached hydrogens (tertiary/aromatic N) is 3. The SMILES string of the molecule is CCC1CN(C)CCCN1c1ncc(CN)cc1C. The first-order valence-electron chi connectivity index (χ1n) is 7.26. The molecule has 2 rings (SSSR count). The molecular formula is C15H26N4. The highest BCUT2D eigenvalue weighted by Crippen LogP contribution is 2.23. The molecule has 1 aliphatic rings. The minimum atomic E-state index is 0.558. The average Bonchev–Trinajstić information content (AvgIpc) is 2.60. The van der Waals surface area contributed by atoms with Crippen LogP contribution in [0.1, 0.15) is 30.9 Å². The lowest BCUT2D eigenvalue weighted by molar-refractivity contribution is 0.327. The summed E-state index contributed by atoms with van der Waals surface area (Å²) in [4.78, 5) is 9.58. The number of anilines is 1. The monoisotopic (exact) mass is 262 g/mol. The number of nitrogens with two attached hydrogens (primary N) is 1. The molecule has 0 spiro atoms. The van der Waals surface area contributed by atoms with E-state index in [2.05, 4.69) is 41.7 Å². The van der Waals surface area contributed by atoms with Crippen LogP contribution in [0.3, 0.4) is 0 Å². The molecule has 4 heteroatoms. The first-order valence-corrected chi connectivity index (χ1v) is 7.26. The number of pyridine rings is 1. The van der Waals surface area contributed by atoms with Crippen molar-refractivity contribution >= 4 is 5.82 Å². The summed E-state index contributed by atoms with van der Waals surface area (Å²) in [5, 5.41) is 0. The Morgan fingerprint density at radius 1 is 1.42 bits per heavy atom. The van der Waals surface area contributed by atoms with Gasteiger partial charge in [-0.15, -0.1) is 0 Å². The van der Waals surface area contributed by atoms with Crippen molar-refractivity contribution in [1.82, 2.24) is 9.88 Å². The molecule has 0 saturated carbocycles. The molecule has 0 amide bonds. The molecule has 1 fully saturated rings. The molecule has 2 N–H and O–H groups in total. The van der Waals surface area contributed by atoms with Crippen molar-refractivity contribution in [3.05, 3.63) is 23.4 Å². The molecule has 0 bridgehead atoms. The minimum Gasteiger partial charge on any atom is -0.352 e. The standard InChI is InChI=1S/C15H26N4/c1-4-14-11-18(3)6-5-7-19(14)15-12(2)8-13(9-16)10-17-15/h8,10,14H,4-7,9,11,16H2,1-3H3. The van der Waals surface area contributed by atoms with Crippen LogP contribution in [0.2, 0.25) is 0 Å². The molecule has 2 heterocycles. The normalized spacial score (nSPS) is 21.5. The van der Waals surface area contributed by atoms with Gasteiger partial charge in [0.2, 0.25) is 0 Å². The molecule has 0 radical (unpaired) electrons. The zero-order valence-electron chi connectivity index (χ0n) is 12.4. The third-order valence-corrected chi connectivity index (χ3v) is 3.99. The first-order chi connectivity index (χ1) is 9.15. The van der Waals surface area contributed by atoms with Gasteiger partial charge in [-0.05, 0) is 50.6 Å². The number of rotatable bonds is 3. The van der Waals surface area contributed by atoms with Crippen molar-refractivity contribution in [2.45, 2.75) is 39.3 Å². The lowest BCUT2D eigenvalue weighted by Crippen LogP contribution is -2.40. The average molecular weight is 262 g/mol. The second-order valence-electron chi connectivity index (χ2n) is 5.56. The summed E-state index contributed by atoms with van der Waals surface area (Å²) in [6.45, 7) is 8.36. The van der Waals surface area contributed by atoms with Gasteiger partial charge in [0.15, 0.2) is 0 Å². The van der Waals surface area contributed by atoms with Crippen LogP contribution in [0.25, 0.3) is 0 Å². The smallest absolute Gasteiger partial charge is 0.131 e. The van der Waals surface area contributed by atoms with E-state index >= 15 is 0 Å². The molecule has 1 aliphatic heterocycles. The fraction of sp³-hybridized carbons (Fsp3) is 0.667. The third-order valence-electron chi connectivity index (χ3n) is 3.99. The molecule has 0 aliphatic carbocycles. The molecule has 4 nitrogen and oxygen atoms in total. The van der Waals surface area contributed by atoms with E-state index in [0.717, 1.165) is 30.9 Å². The van der Waals surface area contributed by atoms with Gasteiger partial charge in [0.05, 0.1) is 0 Å².